The van der Waals surface area contributed by atoms with Crippen molar-refractivity contribution in [2.45, 2.75) is 44.2 Å². The zero-order chi connectivity index (χ0) is 24.1. The molecular formula is C21H18F6N4O2. The molecule has 176 valence electrons. The van der Waals surface area contributed by atoms with Crippen LogP contribution in [-0.4, -0.2) is 28.1 Å². The SMILES string of the molecule is COc1nc(N[C@H](C)c2cccc(C(F)F)c2F)c2cn(C3(C(F)F)CC3)c(=O)c(F)c2n1. The van der Waals surface area contributed by atoms with E-state index in [4.69, 9.17) is 4.74 Å². The third kappa shape index (κ3) is 3.76. The van der Waals surface area contributed by atoms with Crippen molar-refractivity contribution in [3.8, 4) is 6.01 Å². The third-order valence-electron chi connectivity index (χ3n) is 5.74. The predicted octanol–water partition coefficient (Wildman–Crippen LogP) is 4.94. The van der Waals surface area contributed by atoms with Crippen molar-refractivity contribution in [2.75, 3.05) is 12.4 Å². The van der Waals surface area contributed by atoms with E-state index in [-0.39, 0.29) is 35.6 Å². The van der Waals surface area contributed by atoms with Gasteiger partial charge in [0.15, 0.2) is 0 Å². The van der Waals surface area contributed by atoms with Crippen LogP contribution in [0.2, 0.25) is 0 Å². The van der Waals surface area contributed by atoms with Crippen LogP contribution in [0.3, 0.4) is 0 Å². The third-order valence-corrected chi connectivity index (χ3v) is 5.74. The van der Waals surface area contributed by atoms with Crippen molar-refractivity contribution in [1.29, 1.82) is 0 Å². The Morgan fingerprint density at radius 2 is 1.76 bits per heavy atom. The number of ether oxygens (including phenoxy) is 1. The summed E-state index contributed by atoms with van der Waals surface area (Å²) in [5.74, 6) is -2.65. The van der Waals surface area contributed by atoms with E-state index < -0.39 is 52.7 Å². The van der Waals surface area contributed by atoms with Crippen molar-refractivity contribution < 1.29 is 31.1 Å². The van der Waals surface area contributed by atoms with Crippen LogP contribution >= 0.6 is 0 Å². The smallest absolute Gasteiger partial charge is 0.318 e. The van der Waals surface area contributed by atoms with E-state index in [1.165, 1.54) is 26.2 Å². The first-order valence-corrected chi connectivity index (χ1v) is 9.89. The number of halogens is 6. The molecule has 12 heteroatoms. The summed E-state index contributed by atoms with van der Waals surface area (Å²) in [6.45, 7) is 1.45. The second-order valence-electron chi connectivity index (χ2n) is 7.76. The van der Waals surface area contributed by atoms with E-state index in [9.17, 15) is 31.1 Å². The topological polar surface area (TPSA) is 69.0 Å². The molecule has 1 fully saturated rings. The molecule has 1 atom stereocenters. The van der Waals surface area contributed by atoms with Crippen LogP contribution in [0.4, 0.5) is 32.2 Å². The molecule has 3 aromatic rings. The molecule has 0 amide bonds. The molecular weight excluding hydrogens is 454 g/mol. The maximum absolute atomic E-state index is 14.9. The summed E-state index contributed by atoms with van der Waals surface area (Å²) in [7, 11) is 1.19. The lowest BCUT2D eigenvalue weighted by Crippen LogP contribution is -2.37. The van der Waals surface area contributed by atoms with Crippen LogP contribution < -0.4 is 15.6 Å². The molecule has 0 saturated heterocycles. The average Bonchev–Trinajstić information content (AvgIpc) is 3.58. The minimum absolute atomic E-state index is 0.0165. The highest BCUT2D eigenvalue weighted by Gasteiger charge is 2.54. The van der Waals surface area contributed by atoms with Gasteiger partial charge in [0.1, 0.15) is 22.7 Å². The monoisotopic (exact) mass is 472 g/mol. The number of methoxy groups -OCH3 is 1. The molecule has 1 aliphatic carbocycles. The van der Waals surface area contributed by atoms with Crippen LogP contribution in [-0.2, 0) is 5.54 Å². The summed E-state index contributed by atoms with van der Waals surface area (Å²) in [5.41, 5.74) is -4.50. The van der Waals surface area contributed by atoms with E-state index in [1.54, 1.807) is 0 Å². The molecule has 0 bridgehead atoms. The number of nitrogens with zero attached hydrogens (tertiary/aromatic N) is 3. The Morgan fingerprint density at radius 3 is 2.33 bits per heavy atom. The van der Waals surface area contributed by atoms with Gasteiger partial charge in [0.05, 0.1) is 24.1 Å². The molecule has 0 unspecified atom stereocenters. The molecule has 4 rings (SSSR count). The molecule has 0 aliphatic heterocycles. The zero-order valence-corrected chi connectivity index (χ0v) is 17.4. The number of nitrogens with one attached hydrogen (secondary N) is 1. The molecule has 2 aromatic heterocycles. The lowest BCUT2D eigenvalue weighted by molar-refractivity contribution is 0.0648. The average molecular weight is 472 g/mol. The minimum atomic E-state index is -3.04. The van der Waals surface area contributed by atoms with E-state index in [0.717, 1.165) is 12.3 Å². The van der Waals surface area contributed by atoms with E-state index in [1.807, 2.05) is 0 Å². The number of rotatable bonds is 7. The van der Waals surface area contributed by atoms with Gasteiger partial charge in [-0.15, -0.1) is 0 Å². The van der Waals surface area contributed by atoms with Gasteiger partial charge in [0, 0.05) is 11.8 Å². The molecule has 0 radical (unpaired) electrons. The number of pyridine rings is 1. The van der Waals surface area contributed by atoms with Crippen LogP contribution in [0.25, 0.3) is 10.9 Å². The van der Waals surface area contributed by atoms with Gasteiger partial charge in [-0.25, -0.2) is 22.0 Å². The Kier molecular flexibility index (Phi) is 5.71. The van der Waals surface area contributed by atoms with Crippen molar-refractivity contribution in [2.24, 2.45) is 0 Å². The fourth-order valence-corrected chi connectivity index (χ4v) is 3.71. The maximum atomic E-state index is 14.9. The van der Waals surface area contributed by atoms with Gasteiger partial charge in [-0.05, 0) is 19.8 Å². The van der Waals surface area contributed by atoms with E-state index >= 15 is 0 Å². The first kappa shape index (κ1) is 22.9. The summed E-state index contributed by atoms with van der Waals surface area (Å²) in [6.07, 6.45) is -4.95. The molecule has 0 spiro atoms. The highest BCUT2D eigenvalue weighted by molar-refractivity contribution is 5.89. The quantitative estimate of drug-likeness (QED) is 0.494. The largest absolute Gasteiger partial charge is 0.467 e. The summed E-state index contributed by atoms with van der Waals surface area (Å²) >= 11 is 0. The van der Waals surface area contributed by atoms with Gasteiger partial charge in [-0.2, -0.15) is 14.4 Å². The number of alkyl halides is 4. The number of anilines is 1. The second-order valence-corrected chi connectivity index (χ2v) is 7.76. The Labute approximate surface area is 183 Å². The summed E-state index contributed by atoms with van der Waals surface area (Å²) in [4.78, 5) is 20.3. The molecule has 2 heterocycles. The Hall–Kier alpha value is -3.31. The van der Waals surface area contributed by atoms with Crippen molar-refractivity contribution >= 4 is 16.7 Å². The molecule has 1 aromatic carbocycles. The maximum Gasteiger partial charge on any atom is 0.318 e. The van der Waals surface area contributed by atoms with Gasteiger partial charge in [-0.1, -0.05) is 18.2 Å². The summed E-state index contributed by atoms with van der Waals surface area (Å²) in [6, 6.07) is 2.19. The standard InChI is InChI=1S/C21H18F6N4O2/c1-9(10-4-3-5-11(13(10)22)16(24)25)28-17-12-8-31(21(6-7-21)19(26)27)18(32)14(23)15(12)29-20(30-17)33-2/h3-5,8-9,16,19H,6-7H2,1-2H3,(H,28,29,30)/t9-/m1/s1. The fraction of sp³-hybridized carbons (Fsp3) is 0.381. The minimum Gasteiger partial charge on any atom is -0.467 e. The summed E-state index contributed by atoms with van der Waals surface area (Å²) < 4.78 is 88.5. The molecule has 1 aliphatic rings. The highest BCUT2D eigenvalue weighted by Crippen LogP contribution is 2.48. The molecule has 6 nitrogen and oxygen atoms in total. The number of aromatic nitrogens is 3. The molecule has 1 N–H and O–H groups in total. The van der Waals surface area contributed by atoms with Crippen LogP contribution in [0, 0.1) is 11.6 Å². The second kappa shape index (κ2) is 8.23. The van der Waals surface area contributed by atoms with E-state index in [0.29, 0.717) is 4.57 Å². The Bertz CT molecular complexity index is 1280. The van der Waals surface area contributed by atoms with Crippen LogP contribution in [0.15, 0.2) is 29.2 Å². The van der Waals surface area contributed by atoms with Crippen LogP contribution in [0.1, 0.15) is 43.4 Å². The highest BCUT2D eigenvalue weighted by atomic mass is 19.3. The van der Waals surface area contributed by atoms with Gasteiger partial charge in [-0.3, -0.25) is 4.79 Å². The predicted molar refractivity (Wildman–Crippen MR) is 107 cm³/mol. The van der Waals surface area contributed by atoms with Gasteiger partial charge in [0.25, 0.3) is 18.4 Å². The van der Waals surface area contributed by atoms with Gasteiger partial charge < -0.3 is 14.6 Å². The number of hydrogen-bond acceptors (Lipinski definition) is 5. The van der Waals surface area contributed by atoms with Gasteiger partial charge in [0.2, 0.25) is 5.82 Å². The van der Waals surface area contributed by atoms with Crippen molar-refractivity contribution in [1.82, 2.24) is 14.5 Å². The molecule has 1 saturated carbocycles. The first-order valence-electron chi connectivity index (χ1n) is 9.89. The van der Waals surface area contributed by atoms with Crippen LogP contribution in [0.5, 0.6) is 6.01 Å². The number of hydrogen-bond donors (Lipinski definition) is 1. The van der Waals surface area contributed by atoms with Crippen molar-refractivity contribution in [3.05, 3.63) is 57.5 Å². The summed E-state index contributed by atoms with van der Waals surface area (Å²) in [5, 5.41) is 2.64. The van der Waals surface area contributed by atoms with Gasteiger partial charge >= 0.3 is 6.01 Å². The van der Waals surface area contributed by atoms with Crippen molar-refractivity contribution in [3.63, 3.8) is 0 Å². The van der Waals surface area contributed by atoms with E-state index in [2.05, 4.69) is 15.3 Å². The number of fused-ring (bicyclic) bond motifs is 1. The lowest BCUT2D eigenvalue weighted by atomic mass is 10.0. The normalized spacial score (nSPS) is 15.8. The number of benzene rings is 1. The first-order chi connectivity index (χ1) is 15.6. The lowest BCUT2D eigenvalue weighted by Gasteiger charge is -2.21. The molecule has 33 heavy (non-hydrogen) atoms. The fourth-order valence-electron chi connectivity index (χ4n) is 3.71. The zero-order valence-electron chi connectivity index (χ0n) is 17.4. The Morgan fingerprint density at radius 1 is 1.09 bits per heavy atom. The Balaban J connectivity index is 1.86.